The maximum absolute atomic E-state index is 10.0. The summed E-state index contributed by atoms with van der Waals surface area (Å²) in [5.74, 6) is 0.723. The first kappa shape index (κ1) is 40.5. The smallest absolute Gasteiger partial charge is 0.328 e. The maximum atomic E-state index is 10.0. The highest BCUT2D eigenvalue weighted by atomic mass is 28.3. The summed E-state index contributed by atoms with van der Waals surface area (Å²) in [6, 6.07) is 91.0. The van der Waals surface area contributed by atoms with Crippen molar-refractivity contribution in [3.8, 4) is 40.3 Å². The molecule has 1 aliphatic heterocycles. The average molecular weight is 882 g/mol. The molecule has 0 saturated carbocycles. The fourth-order valence-electron chi connectivity index (χ4n) is 10.7. The van der Waals surface area contributed by atoms with E-state index >= 15 is 0 Å². The van der Waals surface area contributed by atoms with Crippen LogP contribution >= 0.6 is 0 Å². The van der Waals surface area contributed by atoms with Crippen LogP contribution in [0, 0.1) is 22.7 Å². The van der Waals surface area contributed by atoms with Gasteiger partial charge in [0.2, 0.25) is 0 Å². The lowest BCUT2D eigenvalue weighted by Crippen LogP contribution is -2.74. The molecule has 0 N–H and O–H groups in total. The molecule has 0 atom stereocenters. The van der Waals surface area contributed by atoms with E-state index in [4.69, 9.17) is 4.98 Å². The highest BCUT2D eigenvalue weighted by molar-refractivity contribution is 7.19. The molecule has 0 saturated heterocycles. The first-order valence-corrected chi connectivity index (χ1v) is 24.8. The second-order valence-corrected chi connectivity index (χ2v) is 21.1. The van der Waals surface area contributed by atoms with Gasteiger partial charge in [-0.2, -0.15) is 10.5 Å². The maximum Gasteiger partial charge on any atom is 0.328 e. The van der Waals surface area contributed by atoms with E-state index in [2.05, 4.69) is 228 Å². The number of aromatic nitrogens is 2. The van der Waals surface area contributed by atoms with Crippen LogP contribution in [0.2, 0.25) is 0 Å². The third-order valence-electron chi connectivity index (χ3n) is 13.6. The molecule has 0 aliphatic carbocycles. The van der Waals surface area contributed by atoms with Crippen molar-refractivity contribution >= 4 is 79.8 Å². The zero-order valence-electron chi connectivity index (χ0n) is 36.9. The Bertz CT molecular complexity index is 3600. The lowest BCUT2D eigenvalue weighted by Gasteiger charge is -2.39. The minimum absolute atomic E-state index is 0.156. The van der Waals surface area contributed by atoms with Gasteiger partial charge >= 0.3 is 6.85 Å². The molecule has 11 aromatic rings. The van der Waals surface area contributed by atoms with E-state index in [-0.39, 0.29) is 6.85 Å². The third-order valence-corrected chi connectivity index (χ3v) is 18.4. The Morgan fingerprint density at radius 2 is 0.926 bits per heavy atom. The highest BCUT2D eigenvalue weighted by Crippen LogP contribution is 2.42. The van der Waals surface area contributed by atoms with Crippen molar-refractivity contribution in [1.82, 2.24) is 9.55 Å². The quantitative estimate of drug-likeness (QED) is 0.113. The van der Waals surface area contributed by atoms with Crippen molar-refractivity contribution in [1.29, 1.82) is 10.5 Å². The average Bonchev–Trinajstić information content (AvgIpc) is 3.74. The van der Waals surface area contributed by atoms with E-state index in [0.717, 1.165) is 55.8 Å². The Balaban J connectivity index is 1.13. The van der Waals surface area contributed by atoms with E-state index in [0.29, 0.717) is 11.1 Å². The molecule has 9 aromatic carbocycles. The fourth-order valence-corrected chi connectivity index (χ4v) is 15.4. The van der Waals surface area contributed by atoms with E-state index in [9.17, 15) is 10.5 Å². The van der Waals surface area contributed by atoms with Crippen molar-refractivity contribution < 1.29 is 0 Å². The summed E-state index contributed by atoms with van der Waals surface area (Å²) in [6.45, 7) is -0.156. The summed E-state index contributed by atoms with van der Waals surface area (Å²) in [5, 5.41) is 27.1. The molecule has 316 valence electrons. The summed E-state index contributed by atoms with van der Waals surface area (Å²) in [6.07, 6.45) is 0. The van der Waals surface area contributed by atoms with Gasteiger partial charge in [-0.1, -0.05) is 194 Å². The van der Waals surface area contributed by atoms with Crippen molar-refractivity contribution in [2.24, 2.45) is 0 Å². The van der Waals surface area contributed by atoms with Crippen molar-refractivity contribution in [2.45, 2.75) is 0 Å². The summed E-state index contributed by atoms with van der Waals surface area (Å²) in [4.78, 5) is 8.08. The van der Waals surface area contributed by atoms with E-state index in [1.54, 1.807) is 0 Å². The third kappa shape index (κ3) is 6.56. The zero-order chi connectivity index (χ0) is 45.6. The first-order chi connectivity index (χ1) is 33.6. The fraction of sp³-hybridized carbons (Fsp3) is 0. The van der Waals surface area contributed by atoms with Crippen molar-refractivity contribution in [3.05, 3.63) is 254 Å². The number of hydrogen-bond donors (Lipinski definition) is 0. The molecular formula is C61H40BN5Si. The molecule has 7 heteroatoms. The number of anilines is 2. The van der Waals surface area contributed by atoms with Crippen molar-refractivity contribution in [3.63, 3.8) is 0 Å². The Labute approximate surface area is 396 Å². The molecule has 0 radical (unpaired) electrons. The van der Waals surface area contributed by atoms with Gasteiger partial charge in [0.05, 0.1) is 40.0 Å². The molecule has 0 unspecified atom stereocenters. The van der Waals surface area contributed by atoms with Gasteiger partial charge in [0.25, 0.3) is 0 Å². The van der Waals surface area contributed by atoms with Crippen LogP contribution in [0.4, 0.5) is 11.4 Å². The van der Waals surface area contributed by atoms with Crippen LogP contribution in [0.3, 0.4) is 0 Å². The predicted octanol–water partition coefficient (Wildman–Crippen LogP) is 9.89. The lowest BCUT2D eigenvalue weighted by atomic mass is 9.46. The zero-order valence-corrected chi connectivity index (χ0v) is 37.9. The van der Waals surface area contributed by atoms with Crippen LogP contribution in [-0.4, -0.2) is 24.5 Å². The number of nitriles is 2. The number of nitrogens with zero attached hydrogens (tertiary/aromatic N) is 5. The molecule has 3 heterocycles. The van der Waals surface area contributed by atoms with Gasteiger partial charge in [-0.05, 0) is 80.3 Å². The number of rotatable bonds is 8. The van der Waals surface area contributed by atoms with Crippen LogP contribution < -0.4 is 36.5 Å². The number of benzene rings is 9. The second kappa shape index (κ2) is 16.8. The monoisotopic (exact) mass is 881 g/mol. The van der Waals surface area contributed by atoms with Gasteiger partial charge in [0.1, 0.15) is 5.82 Å². The molecule has 68 heavy (non-hydrogen) atoms. The Hall–Kier alpha value is -9.01. The van der Waals surface area contributed by atoms with Crippen LogP contribution in [0.1, 0.15) is 11.1 Å². The van der Waals surface area contributed by atoms with Crippen LogP contribution in [0.25, 0.3) is 50.0 Å². The number of fused-ring (bicyclic) bond motifs is 6. The standard InChI is InChI=1S/C61H40BN5Si/c63-41-43-29-35-58-54(37-43)55-38-44(42-64)30-36-59(55)66(58)61-40-47(67-60-28-16-14-26-53(60)52-25-13-15-27-56(52)62(67)46-17-5-1-6-18-46)39-57(65-61)45-31-33-51(34-32-45)68(48-19-7-2-8-20-48,49-21-9-3-10-22-49)50-23-11-4-12-24-50/h1-40H. The van der Waals surface area contributed by atoms with E-state index in [1.165, 1.54) is 37.2 Å². The number of hydrogen-bond acceptors (Lipinski definition) is 4. The molecule has 2 aromatic heterocycles. The predicted molar refractivity (Wildman–Crippen MR) is 283 cm³/mol. The molecule has 0 fully saturated rings. The van der Waals surface area contributed by atoms with Gasteiger partial charge in [-0.25, -0.2) is 4.98 Å². The van der Waals surface area contributed by atoms with Crippen LogP contribution in [-0.2, 0) is 0 Å². The minimum Gasteiger partial charge on any atom is -0.376 e. The normalized spacial score (nSPS) is 12.0. The second-order valence-electron chi connectivity index (χ2n) is 17.3. The summed E-state index contributed by atoms with van der Waals surface area (Å²) in [7, 11) is -2.79. The number of para-hydroxylation sites is 1. The van der Waals surface area contributed by atoms with Crippen LogP contribution in [0.5, 0.6) is 0 Å². The molecule has 1 aliphatic rings. The van der Waals surface area contributed by atoms with Crippen molar-refractivity contribution in [2.75, 3.05) is 4.81 Å². The molecule has 0 spiro atoms. The van der Waals surface area contributed by atoms with Crippen LogP contribution in [0.15, 0.2) is 243 Å². The number of pyridine rings is 1. The molecule has 0 amide bonds. The van der Waals surface area contributed by atoms with Gasteiger partial charge < -0.3 is 4.81 Å². The van der Waals surface area contributed by atoms with Gasteiger partial charge in [-0.15, -0.1) is 0 Å². The molecule has 0 bridgehead atoms. The van der Waals surface area contributed by atoms with Gasteiger partial charge in [0.15, 0.2) is 8.07 Å². The molecule has 12 rings (SSSR count). The summed E-state index contributed by atoms with van der Waals surface area (Å²) >= 11 is 0. The minimum atomic E-state index is -2.79. The Morgan fingerprint density at radius 3 is 1.49 bits per heavy atom. The summed E-state index contributed by atoms with van der Waals surface area (Å²) < 4.78 is 2.19. The van der Waals surface area contributed by atoms with Gasteiger partial charge in [0, 0.05) is 39.3 Å². The summed E-state index contributed by atoms with van der Waals surface area (Å²) in [5.41, 5.74) is 11.5. The first-order valence-electron chi connectivity index (χ1n) is 22.8. The highest BCUT2D eigenvalue weighted by Gasteiger charge is 2.41. The SMILES string of the molecule is N#Cc1ccc2c(c1)c1cc(C#N)ccc1n2-c1cc(N2B(c3ccccc3)c3ccccc3-c3ccccc32)cc(-c2ccc([Si](c3ccccc3)(c3ccccc3)c3ccccc3)cc2)n1. The largest absolute Gasteiger partial charge is 0.376 e. The van der Waals surface area contributed by atoms with E-state index in [1.807, 2.05) is 36.4 Å². The molecular weight excluding hydrogens is 842 g/mol. The lowest BCUT2D eigenvalue weighted by molar-refractivity contribution is 1.08. The Morgan fingerprint density at radius 1 is 0.441 bits per heavy atom. The molecule has 5 nitrogen and oxygen atoms in total. The Kier molecular flexibility index (Phi) is 9.99. The van der Waals surface area contributed by atoms with Gasteiger partial charge in [-0.3, -0.25) is 4.57 Å². The van der Waals surface area contributed by atoms with E-state index < -0.39 is 8.07 Å². The topological polar surface area (TPSA) is 68.6 Å².